The van der Waals surface area contributed by atoms with Gasteiger partial charge in [0.2, 0.25) is 0 Å². The molecule has 2 aromatic carbocycles. The Balaban J connectivity index is 1.83. The van der Waals surface area contributed by atoms with Crippen LogP contribution in [0.4, 0.5) is 5.69 Å². The van der Waals surface area contributed by atoms with Gasteiger partial charge in [0.15, 0.2) is 0 Å². The molecule has 1 fully saturated rings. The van der Waals surface area contributed by atoms with E-state index in [4.69, 9.17) is 0 Å². The van der Waals surface area contributed by atoms with Gasteiger partial charge in [-0.1, -0.05) is 23.8 Å². The largest absolute Gasteiger partial charge is 0.336 e. The Morgan fingerprint density at radius 2 is 1.85 bits per heavy atom. The Hall–Kier alpha value is -2.34. The molecule has 0 aliphatic carbocycles. The number of nitrogens with one attached hydrogen (secondary N) is 1. The number of anilines is 1. The van der Waals surface area contributed by atoms with Crippen molar-refractivity contribution in [3.05, 3.63) is 59.7 Å². The van der Waals surface area contributed by atoms with Crippen molar-refractivity contribution >= 4 is 21.6 Å². The summed E-state index contributed by atoms with van der Waals surface area (Å²) < 4.78 is 27.9. The van der Waals surface area contributed by atoms with Crippen LogP contribution in [0.25, 0.3) is 0 Å². The molecule has 1 aliphatic heterocycles. The first kappa shape index (κ1) is 18.5. The van der Waals surface area contributed by atoms with Gasteiger partial charge < -0.3 is 4.90 Å². The molecule has 0 aromatic heterocycles. The van der Waals surface area contributed by atoms with Gasteiger partial charge in [-0.15, -0.1) is 0 Å². The Kier molecular flexibility index (Phi) is 5.32. The lowest BCUT2D eigenvalue weighted by Gasteiger charge is -2.33. The van der Waals surface area contributed by atoms with Gasteiger partial charge in [0.1, 0.15) is 0 Å². The fraction of sp³-hybridized carbons (Fsp3) is 0.350. The molecule has 1 aliphatic rings. The third-order valence-corrected chi connectivity index (χ3v) is 6.14. The van der Waals surface area contributed by atoms with Crippen molar-refractivity contribution in [2.75, 3.05) is 11.3 Å². The highest BCUT2D eigenvalue weighted by Gasteiger charge is 2.25. The molecule has 1 saturated heterocycles. The van der Waals surface area contributed by atoms with E-state index in [-0.39, 0.29) is 16.8 Å². The zero-order valence-electron chi connectivity index (χ0n) is 15.1. The number of sulfonamides is 1. The number of amides is 1. The quantitative estimate of drug-likeness (QED) is 0.887. The number of carbonyl (C=O) groups excluding carboxylic acids is 1. The van der Waals surface area contributed by atoms with E-state index >= 15 is 0 Å². The topological polar surface area (TPSA) is 66.5 Å². The van der Waals surface area contributed by atoms with E-state index in [1.165, 1.54) is 12.1 Å². The van der Waals surface area contributed by atoms with Crippen LogP contribution in [0.2, 0.25) is 0 Å². The first-order chi connectivity index (χ1) is 12.4. The van der Waals surface area contributed by atoms with Crippen molar-refractivity contribution in [2.45, 2.75) is 44.0 Å². The van der Waals surface area contributed by atoms with Crippen LogP contribution in [-0.2, 0) is 10.0 Å². The predicted octanol–water partition coefficient (Wildman–Crippen LogP) is 3.81. The van der Waals surface area contributed by atoms with Gasteiger partial charge in [0.25, 0.3) is 15.9 Å². The number of piperidine rings is 1. The maximum absolute atomic E-state index is 12.8. The summed E-state index contributed by atoms with van der Waals surface area (Å²) in [6.45, 7) is 4.70. The van der Waals surface area contributed by atoms with E-state index in [0.29, 0.717) is 11.3 Å². The summed E-state index contributed by atoms with van der Waals surface area (Å²) in [5.74, 6) is -0.107. The second kappa shape index (κ2) is 7.50. The second-order valence-corrected chi connectivity index (χ2v) is 8.53. The summed E-state index contributed by atoms with van der Waals surface area (Å²) in [4.78, 5) is 14.7. The monoisotopic (exact) mass is 372 g/mol. The average Bonchev–Trinajstić information content (AvgIpc) is 2.63. The first-order valence-corrected chi connectivity index (χ1v) is 10.4. The molecule has 0 radical (unpaired) electrons. The smallest absolute Gasteiger partial charge is 0.261 e. The predicted molar refractivity (Wildman–Crippen MR) is 103 cm³/mol. The van der Waals surface area contributed by atoms with Gasteiger partial charge in [-0.05, 0) is 63.4 Å². The maximum atomic E-state index is 12.8. The number of likely N-dealkylation sites (tertiary alicyclic amines) is 1. The molecule has 3 rings (SSSR count). The van der Waals surface area contributed by atoms with Crippen LogP contribution in [-0.4, -0.2) is 31.8 Å². The minimum atomic E-state index is -3.75. The zero-order chi connectivity index (χ0) is 18.7. The number of rotatable bonds is 4. The number of nitrogens with zero attached hydrogens (tertiary/aromatic N) is 1. The van der Waals surface area contributed by atoms with Crippen molar-refractivity contribution < 1.29 is 13.2 Å². The van der Waals surface area contributed by atoms with Gasteiger partial charge in [-0.3, -0.25) is 9.52 Å². The van der Waals surface area contributed by atoms with E-state index in [1.54, 1.807) is 24.3 Å². The summed E-state index contributed by atoms with van der Waals surface area (Å²) in [7, 11) is -3.75. The average molecular weight is 372 g/mol. The number of carbonyl (C=O) groups is 1. The van der Waals surface area contributed by atoms with Crippen molar-refractivity contribution in [1.29, 1.82) is 0 Å². The number of hydrogen-bond donors (Lipinski definition) is 1. The first-order valence-electron chi connectivity index (χ1n) is 8.87. The zero-order valence-corrected chi connectivity index (χ0v) is 15.9. The SMILES string of the molecule is Cc1ccc(NS(=O)(=O)c2cccc(C(=O)N3CCCCC3C)c2)cc1. The van der Waals surface area contributed by atoms with Crippen molar-refractivity contribution in [1.82, 2.24) is 4.90 Å². The van der Waals surface area contributed by atoms with Crippen LogP contribution in [0.15, 0.2) is 53.4 Å². The highest BCUT2D eigenvalue weighted by molar-refractivity contribution is 7.92. The van der Waals surface area contributed by atoms with E-state index < -0.39 is 10.0 Å². The van der Waals surface area contributed by atoms with Gasteiger partial charge in [0, 0.05) is 23.8 Å². The molecule has 1 heterocycles. The highest BCUT2D eigenvalue weighted by atomic mass is 32.2. The molecule has 6 heteroatoms. The summed E-state index contributed by atoms with van der Waals surface area (Å²) in [6.07, 6.45) is 3.10. The molecule has 1 N–H and O–H groups in total. The molecular formula is C20H24N2O3S. The molecule has 1 unspecified atom stereocenters. The lowest BCUT2D eigenvalue weighted by molar-refractivity contribution is 0.0635. The van der Waals surface area contributed by atoms with Gasteiger partial charge in [0.05, 0.1) is 4.90 Å². The summed E-state index contributed by atoms with van der Waals surface area (Å²) >= 11 is 0. The van der Waals surface area contributed by atoms with E-state index in [0.717, 1.165) is 31.4 Å². The summed E-state index contributed by atoms with van der Waals surface area (Å²) in [5, 5.41) is 0. The summed E-state index contributed by atoms with van der Waals surface area (Å²) in [6, 6.07) is 13.6. The van der Waals surface area contributed by atoms with Crippen molar-refractivity contribution in [2.24, 2.45) is 0 Å². The standard InChI is InChI=1S/C20H24N2O3S/c1-15-9-11-18(12-10-15)21-26(24,25)19-8-5-7-17(14-19)20(23)22-13-4-3-6-16(22)2/h5,7-12,14,16,21H,3-4,6,13H2,1-2H3. The number of aryl methyl sites for hydroxylation is 1. The van der Waals surface area contributed by atoms with Gasteiger partial charge in [-0.25, -0.2) is 8.42 Å². The number of benzene rings is 2. The Bertz CT molecular complexity index is 892. The number of hydrogen-bond acceptors (Lipinski definition) is 3. The van der Waals surface area contributed by atoms with Gasteiger partial charge in [-0.2, -0.15) is 0 Å². The lowest BCUT2D eigenvalue weighted by atomic mass is 10.0. The van der Waals surface area contributed by atoms with Crippen molar-refractivity contribution in [3.8, 4) is 0 Å². The van der Waals surface area contributed by atoms with Crippen LogP contribution in [0, 0.1) is 6.92 Å². The van der Waals surface area contributed by atoms with Crippen molar-refractivity contribution in [3.63, 3.8) is 0 Å². The molecule has 0 saturated carbocycles. The minimum Gasteiger partial charge on any atom is -0.336 e. The lowest BCUT2D eigenvalue weighted by Crippen LogP contribution is -2.42. The Morgan fingerprint density at radius 1 is 1.12 bits per heavy atom. The molecule has 1 atom stereocenters. The Morgan fingerprint density at radius 3 is 2.54 bits per heavy atom. The van der Waals surface area contributed by atoms with Crippen LogP contribution in [0.5, 0.6) is 0 Å². The van der Waals surface area contributed by atoms with Crippen LogP contribution < -0.4 is 4.72 Å². The molecule has 138 valence electrons. The van der Waals surface area contributed by atoms with Crippen LogP contribution in [0.1, 0.15) is 42.1 Å². The second-order valence-electron chi connectivity index (χ2n) is 6.84. The normalized spacial score (nSPS) is 17.8. The summed E-state index contributed by atoms with van der Waals surface area (Å²) in [5.41, 5.74) is 1.96. The molecule has 26 heavy (non-hydrogen) atoms. The fourth-order valence-electron chi connectivity index (χ4n) is 3.20. The highest BCUT2D eigenvalue weighted by Crippen LogP contribution is 2.22. The van der Waals surface area contributed by atoms with Gasteiger partial charge >= 0.3 is 0 Å². The molecule has 5 nitrogen and oxygen atoms in total. The van der Waals surface area contributed by atoms with E-state index in [1.807, 2.05) is 30.9 Å². The maximum Gasteiger partial charge on any atom is 0.261 e. The third-order valence-electron chi connectivity index (χ3n) is 4.76. The molecule has 2 aromatic rings. The van der Waals surface area contributed by atoms with E-state index in [2.05, 4.69) is 4.72 Å². The third kappa shape index (κ3) is 4.07. The van der Waals surface area contributed by atoms with Crippen LogP contribution in [0.3, 0.4) is 0 Å². The van der Waals surface area contributed by atoms with Crippen LogP contribution >= 0.6 is 0 Å². The Labute approximate surface area is 155 Å². The van der Waals surface area contributed by atoms with E-state index in [9.17, 15) is 13.2 Å². The molecular weight excluding hydrogens is 348 g/mol. The molecule has 0 spiro atoms. The molecule has 1 amide bonds. The molecule has 0 bridgehead atoms. The minimum absolute atomic E-state index is 0.0913. The fourth-order valence-corrected chi connectivity index (χ4v) is 4.30.